The Labute approximate surface area is 121 Å². The van der Waals surface area contributed by atoms with Crippen LogP contribution in [0.15, 0.2) is 29.1 Å². The largest absolute Gasteiger partial charge is 0.438 e. The van der Waals surface area contributed by atoms with E-state index in [2.05, 4.69) is 9.97 Å². The highest BCUT2D eigenvalue weighted by atomic mass is 35.5. The van der Waals surface area contributed by atoms with Crippen LogP contribution in [0.2, 0.25) is 5.02 Å². The number of nitrogens with two attached hydrogens (primary N) is 1. The number of ether oxygens (including phenoxy) is 1. The number of aromatic amines is 1. The molecule has 20 heavy (non-hydrogen) atoms. The summed E-state index contributed by atoms with van der Waals surface area (Å²) in [6.45, 7) is 4.12. The fourth-order valence-corrected chi connectivity index (χ4v) is 1.97. The number of rotatable bonds is 4. The van der Waals surface area contributed by atoms with Crippen molar-refractivity contribution in [3.8, 4) is 11.6 Å². The third-order valence-electron chi connectivity index (χ3n) is 2.78. The molecule has 2 rings (SSSR count). The van der Waals surface area contributed by atoms with Gasteiger partial charge in [0.05, 0.1) is 6.07 Å². The Morgan fingerprint density at radius 1 is 1.45 bits per heavy atom. The van der Waals surface area contributed by atoms with E-state index in [4.69, 9.17) is 22.1 Å². The van der Waals surface area contributed by atoms with Crippen LogP contribution in [0, 0.1) is 0 Å². The number of H-pyrrole nitrogens is 1. The molecule has 0 amide bonds. The summed E-state index contributed by atoms with van der Waals surface area (Å²) in [5.74, 6) is 1.41. The molecule has 1 heterocycles. The first-order valence-corrected chi connectivity index (χ1v) is 6.65. The second-order valence-electron chi connectivity index (χ2n) is 4.65. The third kappa shape index (κ3) is 3.18. The van der Waals surface area contributed by atoms with Crippen LogP contribution in [0.1, 0.15) is 31.2 Å². The van der Waals surface area contributed by atoms with Gasteiger partial charge in [-0.05, 0) is 12.1 Å². The highest BCUT2D eigenvalue weighted by molar-refractivity contribution is 6.31. The molecule has 106 valence electrons. The van der Waals surface area contributed by atoms with Crippen molar-refractivity contribution in [3.05, 3.63) is 51.0 Å². The molecule has 0 atom stereocenters. The first-order chi connectivity index (χ1) is 9.51. The number of halogens is 1. The van der Waals surface area contributed by atoms with Gasteiger partial charge in [0.2, 0.25) is 5.88 Å². The summed E-state index contributed by atoms with van der Waals surface area (Å²) in [5.41, 5.74) is 6.09. The van der Waals surface area contributed by atoms with E-state index in [-0.39, 0.29) is 23.9 Å². The van der Waals surface area contributed by atoms with Gasteiger partial charge in [-0.2, -0.15) is 4.98 Å². The van der Waals surface area contributed by atoms with E-state index in [1.165, 1.54) is 6.07 Å². The van der Waals surface area contributed by atoms with E-state index in [1.807, 2.05) is 13.8 Å². The number of hydrogen-bond donors (Lipinski definition) is 2. The van der Waals surface area contributed by atoms with Crippen LogP contribution < -0.4 is 16.0 Å². The molecule has 6 heteroatoms. The minimum Gasteiger partial charge on any atom is -0.438 e. The molecule has 0 aliphatic carbocycles. The molecule has 0 saturated heterocycles. The fraction of sp³-hybridized carbons (Fsp3) is 0.286. The third-order valence-corrected chi connectivity index (χ3v) is 3.13. The Hall–Kier alpha value is -1.85. The Balaban J connectivity index is 2.40. The van der Waals surface area contributed by atoms with Gasteiger partial charge in [-0.25, -0.2) is 0 Å². The van der Waals surface area contributed by atoms with E-state index in [1.54, 1.807) is 18.2 Å². The monoisotopic (exact) mass is 293 g/mol. The van der Waals surface area contributed by atoms with Gasteiger partial charge in [0.25, 0.3) is 5.56 Å². The number of nitrogens with one attached hydrogen (secondary N) is 1. The summed E-state index contributed by atoms with van der Waals surface area (Å²) < 4.78 is 5.66. The zero-order valence-corrected chi connectivity index (χ0v) is 12.1. The van der Waals surface area contributed by atoms with Crippen LogP contribution in [0.4, 0.5) is 0 Å². The average Bonchev–Trinajstić information content (AvgIpc) is 2.38. The highest BCUT2D eigenvalue weighted by Gasteiger charge is 2.11. The van der Waals surface area contributed by atoms with E-state index in [9.17, 15) is 4.79 Å². The molecule has 5 nitrogen and oxygen atoms in total. The Kier molecular flexibility index (Phi) is 4.42. The first-order valence-electron chi connectivity index (χ1n) is 6.28. The molecular weight excluding hydrogens is 278 g/mol. The van der Waals surface area contributed by atoms with Crippen molar-refractivity contribution in [2.24, 2.45) is 5.73 Å². The minimum atomic E-state index is -0.255. The normalized spacial score (nSPS) is 10.8. The topological polar surface area (TPSA) is 81.0 Å². The van der Waals surface area contributed by atoms with Crippen molar-refractivity contribution in [3.63, 3.8) is 0 Å². The smallest absolute Gasteiger partial charge is 0.254 e. The van der Waals surface area contributed by atoms with Crippen LogP contribution in [0.25, 0.3) is 0 Å². The lowest BCUT2D eigenvalue weighted by Gasteiger charge is -2.11. The molecule has 1 aromatic carbocycles. The highest BCUT2D eigenvalue weighted by Crippen LogP contribution is 2.29. The molecule has 0 aliphatic rings. The summed E-state index contributed by atoms with van der Waals surface area (Å²) in [6, 6.07) is 6.54. The van der Waals surface area contributed by atoms with Gasteiger partial charge in [-0.3, -0.25) is 4.79 Å². The first kappa shape index (κ1) is 14.6. The molecule has 0 saturated carbocycles. The lowest BCUT2D eigenvalue weighted by Crippen LogP contribution is -2.12. The molecule has 0 unspecified atom stereocenters. The van der Waals surface area contributed by atoms with Crippen molar-refractivity contribution in [2.75, 3.05) is 0 Å². The maximum Gasteiger partial charge on any atom is 0.254 e. The lowest BCUT2D eigenvalue weighted by molar-refractivity contribution is 0.450. The molecule has 3 N–H and O–H groups in total. The van der Waals surface area contributed by atoms with Crippen LogP contribution >= 0.6 is 11.6 Å². The van der Waals surface area contributed by atoms with Gasteiger partial charge in [0.15, 0.2) is 0 Å². The molecule has 0 bridgehead atoms. The number of hydrogen-bond acceptors (Lipinski definition) is 4. The van der Waals surface area contributed by atoms with Crippen molar-refractivity contribution < 1.29 is 4.74 Å². The molecule has 1 aromatic heterocycles. The van der Waals surface area contributed by atoms with E-state index in [0.717, 1.165) is 0 Å². The number of benzene rings is 1. The van der Waals surface area contributed by atoms with E-state index < -0.39 is 0 Å². The average molecular weight is 294 g/mol. The van der Waals surface area contributed by atoms with Gasteiger partial charge in [0, 0.05) is 23.0 Å². The van der Waals surface area contributed by atoms with E-state index >= 15 is 0 Å². The molecule has 0 spiro atoms. The van der Waals surface area contributed by atoms with Gasteiger partial charge in [-0.15, -0.1) is 0 Å². The second-order valence-corrected chi connectivity index (χ2v) is 5.05. The van der Waals surface area contributed by atoms with Crippen molar-refractivity contribution >= 4 is 11.6 Å². The zero-order valence-electron chi connectivity index (χ0n) is 11.3. The second kappa shape index (κ2) is 6.07. The summed E-state index contributed by atoms with van der Waals surface area (Å²) >= 11 is 6.06. The number of aromatic nitrogens is 2. The van der Waals surface area contributed by atoms with Crippen LogP contribution in [-0.2, 0) is 6.54 Å². The Morgan fingerprint density at radius 3 is 2.85 bits per heavy atom. The molecule has 0 fully saturated rings. The predicted octanol–water partition coefficient (Wildman–Crippen LogP) is 2.80. The predicted molar refractivity (Wildman–Crippen MR) is 78.4 cm³/mol. The SMILES string of the molecule is CC(C)c1nc(Oc2cccc(Cl)c2CN)cc(=O)[nH]1. The van der Waals surface area contributed by atoms with E-state index in [0.29, 0.717) is 22.2 Å². The minimum absolute atomic E-state index is 0.0968. The summed E-state index contributed by atoms with van der Waals surface area (Å²) in [6.07, 6.45) is 0. The standard InChI is InChI=1S/C14H16ClN3O2/c1-8(2)14-17-12(19)6-13(18-14)20-11-5-3-4-10(15)9(11)7-16/h3-6,8H,7,16H2,1-2H3,(H,17,18,19). The summed E-state index contributed by atoms with van der Waals surface area (Å²) in [5, 5.41) is 0.527. The van der Waals surface area contributed by atoms with Crippen LogP contribution in [0.3, 0.4) is 0 Å². The number of nitrogens with zero attached hydrogens (tertiary/aromatic N) is 1. The van der Waals surface area contributed by atoms with Crippen molar-refractivity contribution in [1.29, 1.82) is 0 Å². The summed E-state index contributed by atoms with van der Waals surface area (Å²) in [4.78, 5) is 18.5. The van der Waals surface area contributed by atoms with Crippen LogP contribution in [0.5, 0.6) is 11.6 Å². The Bertz CT molecular complexity index is 668. The maximum absolute atomic E-state index is 11.6. The Morgan fingerprint density at radius 2 is 2.20 bits per heavy atom. The van der Waals surface area contributed by atoms with Crippen molar-refractivity contribution in [2.45, 2.75) is 26.3 Å². The van der Waals surface area contributed by atoms with Crippen LogP contribution in [-0.4, -0.2) is 9.97 Å². The molecular formula is C14H16ClN3O2. The quantitative estimate of drug-likeness (QED) is 0.908. The van der Waals surface area contributed by atoms with Gasteiger partial charge in [-0.1, -0.05) is 31.5 Å². The van der Waals surface area contributed by atoms with Gasteiger partial charge in [0.1, 0.15) is 11.6 Å². The molecule has 0 aliphatic heterocycles. The molecule has 0 radical (unpaired) electrons. The lowest BCUT2D eigenvalue weighted by atomic mass is 10.2. The van der Waals surface area contributed by atoms with Gasteiger partial charge < -0.3 is 15.5 Å². The van der Waals surface area contributed by atoms with Gasteiger partial charge >= 0.3 is 0 Å². The summed E-state index contributed by atoms with van der Waals surface area (Å²) in [7, 11) is 0. The van der Waals surface area contributed by atoms with Crippen molar-refractivity contribution in [1.82, 2.24) is 9.97 Å². The zero-order chi connectivity index (χ0) is 14.7. The molecule has 2 aromatic rings. The maximum atomic E-state index is 11.6. The fourth-order valence-electron chi connectivity index (χ4n) is 1.72.